The number of rotatable bonds is 4. The van der Waals surface area contributed by atoms with E-state index in [4.69, 9.17) is 0 Å². The van der Waals surface area contributed by atoms with E-state index in [-0.39, 0.29) is 19.5 Å². The van der Waals surface area contributed by atoms with E-state index in [9.17, 15) is 22.8 Å². The highest BCUT2D eigenvalue weighted by atomic mass is 19.4. The maximum atomic E-state index is 12.5. The summed E-state index contributed by atoms with van der Waals surface area (Å²) in [6, 6.07) is 0. The summed E-state index contributed by atoms with van der Waals surface area (Å²) in [5, 5.41) is 4.09. The van der Waals surface area contributed by atoms with Gasteiger partial charge in [0.1, 0.15) is 12.5 Å². The lowest BCUT2D eigenvalue weighted by Gasteiger charge is -2.33. The standard InChI is InChI=1S/C15H21F3N4O2/c1-10-11(7-19-21(10)3)8-20(2)13(23)12-5-4-6-22(14(12)24)9-15(16,17)18/h7,12H,4-6,8-9H2,1-3H3. The van der Waals surface area contributed by atoms with Gasteiger partial charge in [0, 0.05) is 38.4 Å². The first-order chi connectivity index (χ1) is 11.1. The molecule has 1 aliphatic rings. The van der Waals surface area contributed by atoms with Crippen molar-refractivity contribution in [1.82, 2.24) is 19.6 Å². The van der Waals surface area contributed by atoms with Crippen LogP contribution in [0, 0.1) is 12.8 Å². The van der Waals surface area contributed by atoms with Crippen molar-refractivity contribution in [2.45, 2.75) is 32.5 Å². The molecule has 0 aromatic carbocycles. The molecular formula is C15H21F3N4O2. The summed E-state index contributed by atoms with van der Waals surface area (Å²) in [7, 11) is 3.32. The average Bonchev–Trinajstić information content (AvgIpc) is 2.79. The number of alkyl halides is 3. The van der Waals surface area contributed by atoms with Crippen LogP contribution in [-0.2, 0) is 23.2 Å². The maximum Gasteiger partial charge on any atom is 0.406 e. The number of carbonyl (C=O) groups is 2. The Labute approximate surface area is 138 Å². The molecule has 6 nitrogen and oxygen atoms in total. The molecular weight excluding hydrogens is 325 g/mol. The minimum absolute atomic E-state index is 0.0353. The minimum atomic E-state index is -4.46. The molecule has 0 spiro atoms. The molecule has 0 aliphatic carbocycles. The second-order valence-corrected chi connectivity index (χ2v) is 6.14. The molecule has 134 valence electrons. The Morgan fingerprint density at radius 2 is 2.12 bits per heavy atom. The Bertz CT molecular complexity index is 627. The monoisotopic (exact) mass is 346 g/mol. The van der Waals surface area contributed by atoms with E-state index < -0.39 is 30.5 Å². The summed E-state index contributed by atoms with van der Waals surface area (Å²) >= 11 is 0. The number of carbonyl (C=O) groups excluding carboxylic acids is 2. The van der Waals surface area contributed by atoms with Crippen molar-refractivity contribution in [2.24, 2.45) is 13.0 Å². The summed E-state index contributed by atoms with van der Waals surface area (Å²) in [4.78, 5) is 26.9. The second kappa shape index (κ2) is 6.82. The summed E-state index contributed by atoms with van der Waals surface area (Å²) in [6.07, 6.45) is -2.16. The van der Waals surface area contributed by atoms with Crippen LogP contribution in [0.15, 0.2) is 6.20 Å². The van der Waals surface area contributed by atoms with E-state index in [1.807, 2.05) is 6.92 Å². The van der Waals surface area contributed by atoms with Gasteiger partial charge < -0.3 is 9.80 Å². The third-order valence-electron chi connectivity index (χ3n) is 4.32. The fourth-order valence-electron chi connectivity index (χ4n) is 2.84. The van der Waals surface area contributed by atoms with Gasteiger partial charge in [0.15, 0.2) is 0 Å². The molecule has 2 amide bonds. The van der Waals surface area contributed by atoms with Gasteiger partial charge in [-0.15, -0.1) is 0 Å². The second-order valence-electron chi connectivity index (χ2n) is 6.14. The molecule has 1 saturated heterocycles. The number of nitrogens with zero attached hydrogens (tertiary/aromatic N) is 4. The van der Waals surface area contributed by atoms with E-state index >= 15 is 0 Å². The molecule has 2 heterocycles. The van der Waals surface area contributed by atoms with Gasteiger partial charge >= 0.3 is 6.18 Å². The summed E-state index contributed by atoms with van der Waals surface area (Å²) in [5.74, 6) is -2.23. The Morgan fingerprint density at radius 3 is 2.67 bits per heavy atom. The lowest BCUT2D eigenvalue weighted by atomic mass is 9.95. The van der Waals surface area contributed by atoms with Crippen molar-refractivity contribution in [2.75, 3.05) is 20.1 Å². The quantitative estimate of drug-likeness (QED) is 0.776. The van der Waals surface area contributed by atoms with Crippen LogP contribution in [0.3, 0.4) is 0 Å². The minimum Gasteiger partial charge on any atom is -0.341 e. The van der Waals surface area contributed by atoms with Crippen molar-refractivity contribution < 1.29 is 22.8 Å². The molecule has 9 heteroatoms. The lowest BCUT2D eigenvalue weighted by molar-refractivity contribution is -0.169. The lowest BCUT2D eigenvalue weighted by Crippen LogP contribution is -2.50. The topological polar surface area (TPSA) is 58.4 Å². The molecule has 2 rings (SSSR count). The average molecular weight is 346 g/mol. The van der Waals surface area contributed by atoms with Crippen LogP contribution in [0.25, 0.3) is 0 Å². The number of aromatic nitrogens is 2. The molecule has 1 unspecified atom stereocenters. The zero-order valence-corrected chi connectivity index (χ0v) is 13.9. The number of halogens is 3. The first kappa shape index (κ1) is 18.3. The van der Waals surface area contributed by atoms with Crippen LogP contribution in [0.5, 0.6) is 0 Å². The van der Waals surface area contributed by atoms with Gasteiger partial charge in [-0.25, -0.2) is 0 Å². The van der Waals surface area contributed by atoms with Crippen LogP contribution in [0.2, 0.25) is 0 Å². The molecule has 1 atom stereocenters. The summed E-state index contributed by atoms with van der Waals surface area (Å²) < 4.78 is 39.3. The summed E-state index contributed by atoms with van der Waals surface area (Å²) in [5.41, 5.74) is 1.73. The van der Waals surface area contributed by atoms with E-state index in [2.05, 4.69) is 5.10 Å². The zero-order valence-electron chi connectivity index (χ0n) is 13.9. The van der Waals surface area contributed by atoms with Crippen molar-refractivity contribution >= 4 is 11.8 Å². The highest BCUT2D eigenvalue weighted by molar-refractivity contribution is 6.00. The van der Waals surface area contributed by atoms with Crippen molar-refractivity contribution in [1.29, 1.82) is 0 Å². The van der Waals surface area contributed by atoms with E-state index in [0.29, 0.717) is 6.42 Å². The largest absolute Gasteiger partial charge is 0.406 e. The number of likely N-dealkylation sites (tertiary alicyclic amines) is 1. The number of piperidine rings is 1. The molecule has 1 aromatic heterocycles. The molecule has 24 heavy (non-hydrogen) atoms. The predicted molar refractivity (Wildman–Crippen MR) is 79.8 cm³/mol. The molecule has 0 saturated carbocycles. The third-order valence-corrected chi connectivity index (χ3v) is 4.32. The van der Waals surface area contributed by atoms with Gasteiger partial charge in [0.05, 0.1) is 6.20 Å². The number of amides is 2. The SMILES string of the molecule is Cc1c(CN(C)C(=O)C2CCCN(CC(F)(F)F)C2=O)cnn1C. The maximum absolute atomic E-state index is 12.5. The van der Waals surface area contributed by atoms with Crippen molar-refractivity contribution in [3.05, 3.63) is 17.5 Å². The van der Waals surface area contributed by atoms with Gasteiger partial charge in [0.2, 0.25) is 11.8 Å². The fourth-order valence-corrected chi connectivity index (χ4v) is 2.84. The van der Waals surface area contributed by atoms with Gasteiger partial charge in [-0.1, -0.05) is 0 Å². The van der Waals surface area contributed by atoms with Crippen LogP contribution >= 0.6 is 0 Å². The number of hydrogen-bond donors (Lipinski definition) is 0. The fraction of sp³-hybridized carbons (Fsp3) is 0.667. The molecule has 1 aliphatic heterocycles. The van der Waals surface area contributed by atoms with Crippen LogP contribution in [-0.4, -0.2) is 57.7 Å². The normalized spacial score (nSPS) is 18.8. The van der Waals surface area contributed by atoms with Crippen LogP contribution in [0.4, 0.5) is 13.2 Å². The van der Waals surface area contributed by atoms with Gasteiger partial charge in [-0.2, -0.15) is 18.3 Å². The van der Waals surface area contributed by atoms with E-state index in [1.165, 1.54) is 4.90 Å². The Balaban J connectivity index is 2.05. The highest BCUT2D eigenvalue weighted by Crippen LogP contribution is 2.25. The molecule has 1 fully saturated rings. The molecule has 0 bridgehead atoms. The Kier molecular flexibility index (Phi) is 5.19. The van der Waals surface area contributed by atoms with Crippen LogP contribution in [0.1, 0.15) is 24.1 Å². The first-order valence-corrected chi connectivity index (χ1v) is 7.68. The van der Waals surface area contributed by atoms with Gasteiger partial charge in [0.25, 0.3) is 0 Å². The molecule has 0 radical (unpaired) electrons. The van der Waals surface area contributed by atoms with E-state index in [0.717, 1.165) is 16.2 Å². The summed E-state index contributed by atoms with van der Waals surface area (Å²) in [6.45, 7) is 0.855. The number of aryl methyl sites for hydroxylation is 1. The van der Waals surface area contributed by atoms with Gasteiger partial charge in [-0.05, 0) is 19.8 Å². The molecule has 0 N–H and O–H groups in total. The number of hydrogen-bond acceptors (Lipinski definition) is 3. The molecule has 1 aromatic rings. The van der Waals surface area contributed by atoms with Crippen molar-refractivity contribution in [3.8, 4) is 0 Å². The first-order valence-electron chi connectivity index (χ1n) is 7.68. The highest BCUT2D eigenvalue weighted by Gasteiger charge is 2.40. The smallest absolute Gasteiger partial charge is 0.341 e. The Hall–Kier alpha value is -2.06. The zero-order chi connectivity index (χ0) is 18.1. The third kappa shape index (κ3) is 4.07. The predicted octanol–water partition coefficient (Wildman–Crippen LogP) is 1.49. The van der Waals surface area contributed by atoms with Crippen molar-refractivity contribution in [3.63, 3.8) is 0 Å². The van der Waals surface area contributed by atoms with Crippen LogP contribution < -0.4 is 0 Å². The van der Waals surface area contributed by atoms with E-state index in [1.54, 1.807) is 25.0 Å². The Morgan fingerprint density at radius 1 is 1.46 bits per heavy atom. The van der Waals surface area contributed by atoms with Gasteiger partial charge in [-0.3, -0.25) is 14.3 Å².